The average molecular weight is 245 g/mol. The summed E-state index contributed by atoms with van der Waals surface area (Å²) in [4.78, 5) is 0. The zero-order chi connectivity index (χ0) is 13.0. The van der Waals surface area contributed by atoms with Gasteiger partial charge in [0.2, 0.25) is 0 Å². The highest BCUT2D eigenvalue weighted by atomic mass is 14.9. The number of aryl methyl sites for hydroxylation is 2. The summed E-state index contributed by atoms with van der Waals surface area (Å²) in [6.45, 7) is 8.91. The molecule has 0 heterocycles. The van der Waals surface area contributed by atoms with Crippen LogP contribution in [0, 0.1) is 19.3 Å². The molecule has 1 fully saturated rings. The van der Waals surface area contributed by atoms with Gasteiger partial charge in [0.1, 0.15) is 0 Å². The van der Waals surface area contributed by atoms with Gasteiger partial charge in [-0.05, 0) is 50.6 Å². The molecule has 0 saturated heterocycles. The topological polar surface area (TPSA) is 12.0 Å². The molecule has 1 aromatic carbocycles. The first-order valence-electron chi connectivity index (χ1n) is 7.41. The minimum absolute atomic E-state index is 0.524. The Hall–Kier alpha value is -0.820. The molecule has 0 aromatic heterocycles. The molecule has 1 aromatic rings. The lowest BCUT2D eigenvalue weighted by Gasteiger charge is -2.29. The average Bonchev–Trinajstić information content (AvgIpc) is 2.74. The highest BCUT2D eigenvalue weighted by molar-refractivity contribution is 5.29. The van der Waals surface area contributed by atoms with E-state index in [9.17, 15) is 0 Å². The van der Waals surface area contributed by atoms with Crippen LogP contribution in [-0.2, 0) is 6.42 Å². The van der Waals surface area contributed by atoms with Gasteiger partial charge in [0.15, 0.2) is 0 Å². The first-order chi connectivity index (χ1) is 8.63. The van der Waals surface area contributed by atoms with Crippen LogP contribution in [0.5, 0.6) is 0 Å². The molecule has 1 N–H and O–H groups in total. The zero-order valence-electron chi connectivity index (χ0n) is 12.2. The fraction of sp³-hybridized carbons (Fsp3) is 0.647. The van der Waals surface area contributed by atoms with E-state index in [0.29, 0.717) is 5.41 Å². The Morgan fingerprint density at radius 3 is 2.22 bits per heavy atom. The highest BCUT2D eigenvalue weighted by Gasteiger charge is 2.33. The molecule has 1 saturated carbocycles. The van der Waals surface area contributed by atoms with Crippen molar-refractivity contribution in [3.8, 4) is 0 Å². The van der Waals surface area contributed by atoms with Crippen LogP contribution in [0.3, 0.4) is 0 Å². The minimum atomic E-state index is 0.524. The quantitative estimate of drug-likeness (QED) is 0.826. The van der Waals surface area contributed by atoms with E-state index < -0.39 is 0 Å². The summed E-state index contributed by atoms with van der Waals surface area (Å²) in [5.41, 5.74) is 4.87. The maximum atomic E-state index is 3.58. The largest absolute Gasteiger partial charge is 0.316 e. The van der Waals surface area contributed by atoms with E-state index in [0.717, 1.165) is 6.54 Å². The molecule has 0 spiro atoms. The Morgan fingerprint density at radius 2 is 1.67 bits per heavy atom. The zero-order valence-corrected chi connectivity index (χ0v) is 12.2. The Balaban J connectivity index is 2.12. The third kappa shape index (κ3) is 3.35. The summed E-state index contributed by atoms with van der Waals surface area (Å²) in [7, 11) is 0. The van der Waals surface area contributed by atoms with E-state index in [-0.39, 0.29) is 0 Å². The molecule has 0 radical (unpaired) electrons. The number of rotatable bonds is 5. The third-order valence-electron chi connectivity index (χ3n) is 4.27. The smallest absolute Gasteiger partial charge is 0.00109 e. The number of hydrogen-bond acceptors (Lipinski definition) is 1. The predicted octanol–water partition coefficient (Wildman–Crippen LogP) is 4.02. The van der Waals surface area contributed by atoms with Gasteiger partial charge < -0.3 is 5.32 Å². The minimum Gasteiger partial charge on any atom is -0.316 e. The summed E-state index contributed by atoms with van der Waals surface area (Å²) in [6.07, 6.45) is 6.87. The molecule has 1 nitrogen and oxygen atoms in total. The summed E-state index contributed by atoms with van der Waals surface area (Å²) >= 11 is 0. The molecular formula is C17H27N. The summed E-state index contributed by atoms with van der Waals surface area (Å²) in [5.74, 6) is 0. The molecule has 18 heavy (non-hydrogen) atoms. The first kappa shape index (κ1) is 13.6. The summed E-state index contributed by atoms with van der Waals surface area (Å²) in [6, 6.07) is 7.02. The van der Waals surface area contributed by atoms with Crippen molar-refractivity contribution in [3.63, 3.8) is 0 Å². The van der Waals surface area contributed by atoms with Crippen molar-refractivity contribution in [2.45, 2.75) is 52.9 Å². The van der Waals surface area contributed by atoms with Crippen LogP contribution in [0.15, 0.2) is 18.2 Å². The number of benzene rings is 1. The molecule has 0 bridgehead atoms. The maximum Gasteiger partial charge on any atom is 0.00109 e. The van der Waals surface area contributed by atoms with Gasteiger partial charge in [0, 0.05) is 6.54 Å². The van der Waals surface area contributed by atoms with Crippen molar-refractivity contribution in [2.24, 2.45) is 5.41 Å². The normalized spacial score (nSPS) is 18.2. The van der Waals surface area contributed by atoms with Gasteiger partial charge in [-0.3, -0.25) is 0 Å². The SMILES string of the molecule is CCNCC1(Cc2cc(C)cc(C)c2)CCCC1. The van der Waals surface area contributed by atoms with E-state index in [1.807, 2.05) is 0 Å². The van der Waals surface area contributed by atoms with Crippen molar-refractivity contribution in [3.05, 3.63) is 34.9 Å². The highest BCUT2D eigenvalue weighted by Crippen LogP contribution is 2.40. The lowest BCUT2D eigenvalue weighted by molar-refractivity contribution is 0.280. The first-order valence-corrected chi connectivity index (χ1v) is 7.41. The van der Waals surface area contributed by atoms with Crippen molar-refractivity contribution in [2.75, 3.05) is 13.1 Å². The molecule has 0 unspecified atom stereocenters. The molecule has 2 rings (SSSR count). The Bertz CT molecular complexity index is 368. The van der Waals surface area contributed by atoms with Crippen molar-refractivity contribution in [1.82, 2.24) is 5.32 Å². The second-order valence-electron chi connectivity index (χ2n) is 6.16. The van der Waals surface area contributed by atoms with Crippen LogP contribution >= 0.6 is 0 Å². The van der Waals surface area contributed by atoms with Crippen molar-refractivity contribution >= 4 is 0 Å². The second-order valence-corrected chi connectivity index (χ2v) is 6.16. The summed E-state index contributed by atoms with van der Waals surface area (Å²) < 4.78 is 0. The lowest BCUT2D eigenvalue weighted by Crippen LogP contribution is -2.33. The van der Waals surface area contributed by atoms with Crippen LogP contribution < -0.4 is 5.32 Å². The van der Waals surface area contributed by atoms with Crippen LogP contribution in [0.25, 0.3) is 0 Å². The van der Waals surface area contributed by atoms with Gasteiger partial charge in [-0.1, -0.05) is 49.1 Å². The van der Waals surface area contributed by atoms with E-state index >= 15 is 0 Å². The molecule has 1 aliphatic rings. The molecule has 100 valence electrons. The van der Waals surface area contributed by atoms with Crippen LogP contribution in [0.1, 0.15) is 49.3 Å². The van der Waals surface area contributed by atoms with Crippen LogP contribution in [-0.4, -0.2) is 13.1 Å². The van der Waals surface area contributed by atoms with Crippen LogP contribution in [0.2, 0.25) is 0 Å². The molecule has 0 aliphatic heterocycles. The van der Waals surface area contributed by atoms with Crippen molar-refractivity contribution in [1.29, 1.82) is 0 Å². The van der Waals surface area contributed by atoms with Gasteiger partial charge in [-0.15, -0.1) is 0 Å². The van der Waals surface area contributed by atoms with Gasteiger partial charge >= 0.3 is 0 Å². The Kier molecular flexibility index (Phi) is 4.45. The van der Waals surface area contributed by atoms with Crippen LogP contribution in [0.4, 0.5) is 0 Å². The summed E-state index contributed by atoms with van der Waals surface area (Å²) in [5, 5.41) is 3.58. The van der Waals surface area contributed by atoms with E-state index in [1.54, 1.807) is 0 Å². The fourth-order valence-electron chi connectivity index (χ4n) is 3.54. The van der Waals surface area contributed by atoms with Gasteiger partial charge in [0.25, 0.3) is 0 Å². The Morgan fingerprint density at radius 1 is 1.06 bits per heavy atom. The molecule has 1 heteroatoms. The lowest BCUT2D eigenvalue weighted by atomic mass is 9.79. The van der Waals surface area contributed by atoms with E-state index in [4.69, 9.17) is 0 Å². The molecule has 1 aliphatic carbocycles. The number of hydrogen-bond donors (Lipinski definition) is 1. The number of nitrogens with one attached hydrogen (secondary N) is 1. The fourth-order valence-corrected chi connectivity index (χ4v) is 3.54. The second kappa shape index (κ2) is 5.88. The third-order valence-corrected chi connectivity index (χ3v) is 4.27. The van der Waals surface area contributed by atoms with Gasteiger partial charge in [0.05, 0.1) is 0 Å². The standard InChI is InChI=1S/C17H27N/c1-4-18-13-17(7-5-6-8-17)12-16-10-14(2)9-15(3)11-16/h9-11,18H,4-8,12-13H2,1-3H3. The molecule has 0 atom stereocenters. The molecule has 0 amide bonds. The van der Waals surface area contributed by atoms with E-state index in [1.165, 1.54) is 55.3 Å². The Labute approximate surface area is 112 Å². The monoisotopic (exact) mass is 245 g/mol. The van der Waals surface area contributed by atoms with Crippen molar-refractivity contribution < 1.29 is 0 Å². The maximum absolute atomic E-state index is 3.58. The predicted molar refractivity (Wildman–Crippen MR) is 79.1 cm³/mol. The van der Waals surface area contributed by atoms with E-state index in [2.05, 4.69) is 44.3 Å². The van der Waals surface area contributed by atoms with Gasteiger partial charge in [-0.25, -0.2) is 0 Å². The molecular weight excluding hydrogens is 218 g/mol. The van der Waals surface area contributed by atoms with Gasteiger partial charge in [-0.2, -0.15) is 0 Å².